The minimum absolute atomic E-state index is 0.0231. The smallest absolute Gasteiger partial charge is 0.408 e. The highest BCUT2D eigenvalue weighted by Crippen LogP contribution is 2.69. The maximum absolute atomic E-state index is 14.9. The first-order chi connectivity index (χ1) is 57.4. The summed E-state index contributed by atoms with van der Waals surface area (Å²) >= 11 is 2.93. The van der Waals surface area contributed by atoms with Crippen LogP contribution in [0.25, 0.3) is 44.6 Å². The number of nitrogens with zero attached hydrogens (tertiary/aromatic N) is 6. The van der Waals surface area contributed by atoms with Gasteiger partial charge in [0.25, 0.3) is 7.37 Å². The standard InChI is InChI=1S/C44H55N6O8PS.C33H43N5O7S.C11H14NO2P/c1-8-27-23-44(27,59(54,55)31-16-10-9-11-17-31)49-39(51)36-21-30(24-50(36)40(52)38(43(4,5)6)48-42(53)58-28-14-12-13-15-28)57-37-22-34(35-25-60-41(47-35)45-26(2)3)46-33-20-29(56-7)18-19-32(33)37;1-18(2)34-31-36-25(17-46-31)24-15-27(22-12-11-20(43-6)13-23(22)35-24)44-21-14-26(30(40)41)38(16-21)29(39)28(33(3,4)5)37-32(42)45-19-9-7-8-10-19;1-2-9-8-11(9,12)15(13,14)10-6-4-3-5-7-10/h8-11,16-20,22,25-28,30,36,38H,1,12-15,21,23-24H2,2-7H3,(H,45,47)(H,48,53)(H,49,51)(H,54,55);11-13,15,17-19,21,26,28H,7-10,14,16H2,1-6H3,(H,34,36)(H,37,42)(H,40,41);2-7,9H,1,8,12H2,(H,13,14)/t27-,30-,36+,38-,44+;21-,26+,28-;9-,11+/m111/s1. The number of benzene rings is 4. The highest BCUT2D eigenvalue weighted by Gasteiger charge is 2.67. The molecule has 121 heavy (non-hydrogen) atoms. The first-order valence-electron chi connectivity index (χ1n) is 41.0. The van der Waals surface area contributed by atoms with Crippen LogP contribution in [0.3, 0.4) is 0 Å². The van der Waals surface area contributed by atoms with Crippen molar-refractivity contribution in [1.29, 1.82) is 0 Å². The summed E-state index contributed by atoms with van der Waals surface area (Å²) in [5, 5.41) is 30.2. The molecular weight excluding hydrogens is 1620 g/mol. The number of rotatable bonds is 27. The molecule has 0 radical (unpaired) electrons. The van der Waals surface area contributed by atoms with Crippen LogP contribution in [0, 0.1) is 22.7 Å². The molecule has 5 amide bonds. The topological polar surface area (TPSA) is 397 Å². The predicted octanol–water partition coefficient (Wildman–Crippen LogP) is 14.4. The van der Waals surface area contributed by atoms with Crippen LogP contribution in [-0.2, 0) is 37.8 Å². The van der Waals surface area contributed by atoms with E-state index in [0.717, 1.165) is 61.6 Å². The molecule has 14 rings (SSSR count). The van der Waals surface area contributed by atoms with E-state index in [1.165, 1.54) is 32.5 Å². The fraction of sp³-hybridized carbons (Fsp3) is 0.477. The first kappa shape index (κ1) is 90.2. The van der Waals surface area contributed by atoms with Crippen molar-refractivity contribution in [2.24, 2.45) is 28.4 Å². The number of alkyl carbamates (subject to hydrolysis) is 2. The average molecular weight is 1740 g/mol. The molecule has 648 valence electrons. The molecule has 4 aliphatic carbocycles. The van der Waals surface area contributed by atoms with Gasteiger partial charge in [-0.15, -0.1) is 35.8 Å². The summed E-state index contributed by atoms with van der Waals surface area (Å²) in [5.74, 6) is -1.10. The number of carboxylic acids is 1. The molecule has 2 unspecified atom stereocenters. The van der Waals surface area contributed by atoms with Crippen LogP contribution in [-0.4, -0.2) is 179 Å². The summed E-state index contributed by atoms with van der Waals surface area (Å²) in [6.07, 6.45) is 8.02. The van der Waals surface area contributed by atoms with Crippen molar-refractivity contribution in [3.8, 4) is 45.8 Å². The van der Waals surface area contributed by atoms with Gasteiger partial charge in [-0.3, -0.25) is 23.5 Å². The number of carbonyl (C=O) groups is 6. The van der Waals surface area contributed by atoms with Gasteiger partial charge in [-0.2, -0.15) is 0 Å². The molecule has 4 aromatic heterocycles. The second-order valence-corrected chi connectivity index (χ2v) is 41.3. The Bertz CT molecular complexity index is 5210. The van der Waals surface area contributed by atoms with E-state index in [-0.39, 0.29) is 67.9 Å². The number of hydrogen-bond acceptors (Lipinski definition) is 23. The highest BCUT2D eigenvalue weighted by molar-refractivity contribution is 7.68. The summed E-state index contributed by atoms with van der Waals surface area (Å²) in [5.41, 5.74) is 8.09. The summed E-state index contributed by atoms with van der Waals surface area (Å²) in [4.78, 5) is 126. The number of nitrogens with two attached hydrogens (primary N) is 1. The lowest BCUT2D eigenvalue weighted by atomic mass is 9.85. The quantitative estimate of drug-likeness (QED) is 0.0170. The van der Waals surface area contributed by atoms with E-state index >= 15 is 0 Å². The molecule has 6 fully saturated rings. The maximum atomic E-state index is 14.9. The summed E-state index contributed by atoms with van der Waals surface area (Å²) in [7, 11) is -4.54. The zero-order valence-corrected chi connectivity index (χ0v) is 73.9. The molecule has 2 saturated heterocycles. The largest absolute Gasteiger partial charge is 0.497 e. The van der Waals surface area contributed by atoms with Crippen LogP contribution in [0.1, 0.15) is 146 Å². The van der Waals surface area contributed by atoms with Crippen molar-refractivity contribution < 1.29 is 81.2 Å². The molecular formula is C88H112N12O17P2S2. The van der Waals surface area contributed by atoms with Crippen LogP contribution >= 0.6 is 37.4 Å². The van der Waals surface area contributed by atoms with Gasteiger partial charge < -0.3 is 85.4 Å². The number of nitrogens with one attached hydrogen (secondary N) is 5. The average Bonchev–Trinajstić information content (AvgIpc) is 1.57. The number of aliphatic carboxylic acids is 1. The van der Waals surface area contributed by atoms with Crippen molar-refractivity contribution in [3.05, 3.63) is 145 Å². The van der Waals surface area contributed by atoms with E-state index in [0.29, 0.717) is 79.3 Å². The second-order valence-electron chi connectivity index (χ2n) is 34.6. The predicted molar refractivity (Wildman–Crippen MR) is 469 cm³/mol. The van der Waals surface area contributed by atoms with Crippen LogP contribution < -0.4 is 61.9 Å². The molecule has 12 atom stereocenters. The van der Waals surface area contributed by atoms with Gasteiger partial charge in [-0.05, 0) is 151 Å². The van der Waals surface area contributed by atoms with Gasteiger partial charge in [0.15, 0.2) is 10.3 Å². The maximum Gasteiger partial charge on any atom is 0.408 e. The molecule has 8 aromatic rings. The number of fused-ring (bicyclic) bond motifs is 2. The number of anilines is 2. The highest BCUT2D eigenvalue weighted by atomic mass is 32.1. The van der Waals surface area contributed by atoms with E-state index in [4.69, 9.17) is 54.1 Å². The number of hydrogen-bond donors (Lipinski definition) is 9. The SMILES string of the molecule is C=C[C@@H]1C[C@]1(N)P(=O)(O)c1ccccc1.C=C[C@@H]1C[C@]1(NC(=O)[C@@H]1C[C@@H](Oc2cc(-c3csc(NC(C)C)n3)nc3cc(OC)ccc23)CN1C(=O)[C@@H](NC(=O)OC1CCCC1)C(C)(C)C)P(=O)(O)c1ccccc1.COc1ccc2c(O[C@@H]3C[C@@H](C(=O)O)N(C(=O)[C@@H](NC(=O)OC4CCCC4)C(C)(C)C)C3)cc(-c3csc(NC(C)C)n3)nc2c1. The fourth-order valence-corrected chi connectivity index (χ4v) is 22.0. The van der Waals surface area contributed by atoms with Crippen molar-refractivity contribution in [2.45, 2.75) is 218 Å². The van der Waals surface area contributed by atoms with Gasteiger partial charge in [-0.1, -0.05) is 90.1 Å². The zero-order valence-electron chi connectivity index (χ0n) is 70.5. The first-order valence-corrected chi connectivity index (χ1v) is 46.1. The normalized spacial score (nSPS) is 22.9. The van der Waals surface area contributed by atoms with E-state index in [2.05, 4.69) is 39.7 Å². The van der Waals surface area contributed by atoms with Gasteiger partial charge in [0.1, 0.15) is 93.5 Å². The summed E-state index contributed by atoms with van der Waals surface area (Å²) in [6, 6.07) is 27.4. The van der Waals surface area contributed by atoms with Crippen LogP contribution in [0.4, 0.5) is 19.9 Å². The van der Waals surface area contributed by atoms with E-state index in [9.17, 15) is 52.8 Å². The Morgan fingerprint density at radius 3 is 1.36 bits per heavy atom. The summed E-state index contributed by atoms with van der Waals surface area (Å²) < 4.78 is 62.1. The third-order valence-corrected chi connectivity index (χ3v) is 29.6. The van der Waals surface area contributed by atoms with Crippen LogP contribution in [0.15, 0.2) is 145 Å². The van der Waals surface area contributed by atoms with E-state index in [1.807, 2.05) is 98.2 Å². The van der Waals surface area contributed by atoms with Crippen molar-refractivity contribution in [1.82, 2.24) is 45.7 Å². The van der Waals surface area contributed by atoms with E-state index in [1.54, 1.807) is 117 Å². The molecule has 6 aliphatic rings. The van der Waals surface area contributed by atoms with Gasteiger partial charge in [0.05, 0.1) is 49.7 Å². The van der Waals surface area contributed by atoms with Gasteiger partial charge in [0, 0.05) is 93.2 Å². The lowest BCUT2D eigenvalue weighted by Crippen LogP contribution is -2.58. The lowest BCUT2D eigenvalue weighted by molar-refractivity contribution is -0.150. The minimum Gasteiger partial charge on any atom is -0.497 e. The number of amides is 5. The number of pyridine rings is 2. The minimum atomic E-state index is -4.21. The molecule has 33 heteroatoms. The number of likely N-dealkylation sites (tertiary alicyclic amines) is 2. The van der Waals surface area contributed by atoms with Crippen molar-refractivity contribution in [2.75, 3.05) is 37.9 Å². The Labute approximate surface area is 713 Å². The van der Waals surface area contributed by atoms with Crippen LogP contribution in [0.5, 0.6) is 23.0 Å². The number of aromatic nitrogens is 4. The van der Waals surface area contributed by atoms with E-state index < -0.39 is 114 Å². The number of carbonyl (C=O) groups excluding carboxylic acids is 5. The Kier molecular flexibility index (Phi) is 27.9. The Balaban J connectivity index is 0.000000193. The molecule has 10 N–H and O–H groups in total. The fourth-order valence-electron chi connectivity index (χ4n) is 15.9. The third kappa shape index (κ3) is 20.7. The number of carboxylic acid groups (broad SMARTS) is 1. The van der Waals surface area contributed by atoms with Crippen LogP contribution in [0.2, 0.25) is 0 Å². The number of methoxy groups -OCH3 is 2. The van der Waals surface area contributed by atoms with Gasteiger partial charge in [0.2, 0.25) is 25.1 Å². The molecule has 0 spiro atoms. The van der Waals surface area contributed by atoms with Gasteiger partial charge in [-0.25, -0.2) is 34.3 Å². The molecule has 6 heterocycles. The lowest BCUT2D eigenvalue weighted by Gasteiger charge is -2.36. The van der Waals surface area contributed by atoms with Crippen molar-refractivity contribution in [3.63, 3.8) is 0 Å². The van der Waals surface area contributed by atoms with Crippen molar-refractivity contribution >= 4 is 116 Å². The second kappa shape index (κ2) is 37.4. The summed E-state index contributed by atoms with van der Waals surface area (Å²) in [6.45, 7) is 26.6. The monoisotopic (exact) mass is 1730 g/mol. The molecule has 29 nitrogen and oxygen atoms in total. The van der Waals surface area contributed by atoms with Gasteiger partial charge >= 0.3 is 18.2 Å². The Morgan fingerprint density at radius 2 is 0.975 bits per heavy atom. The number of ether oxygens (including phenoxy) is 6. The Morgan fingerprint density at radius 1 is 0.562 bits per heavy atom. The third-order valence-electron chi connectivity index (χ3n) is 22.7. The zero-order chi connectivity index (χ0) is 87.3. The molecule has 0 bridgehead atoms. The Hall–Kier alpha value is -10.0. The number of thiazole rings is 2. The molecule has 2 aliphatic heterocycles. The molecule has 4 aromatic carbocycles. The molecule has 4 saturated carbocycles.